The van der Waals surface area contributed by atoms with E-state index in [2.05, 4.69) is 24.4 Å². The van der Waals surface area contributed by atoms with E-state index in [0.717, 1.165) is 6.54 Å². The zero-order valence-corrected chi connectivity index (χ0v) is 9.10. The molecule has 80 valence electrons. The molecule has 0 radical (unpaired) electrons. The maximum absolute atomic E-state index is 10.9. The van der Waals surface area contributed by atoms with E-state index >= 15 is 0 Å². The molecule has 1 amide bonds. The van der Waals surface area contributed by atoms with Crippen LogP contribution in [0.5, 0.6) is 0 Å². The average Bonchev–Trinajstić information content (AvgIpc) is 2.75. The summed E-state index contributed by atoms with van der Waals surface area (Å²) in [6.45, 7) is 2.91. The molecule has 5 heteroatoms. The maximum Gasteiger partial charge on any atom is 0.373 e. The van der Waals surface area contributed by atoms with E-state index in [1.54, 1.807) is 11.3 Å². The molecule has 2 rings (SSSR count). The number of carbonyl (C=O) groups excluding carboxylic acids is 3. The van der Waals surface area contributed by atoms with Crippen LogP contribution in [-0.4, -0.2) is 18.6 Å². The molecule has 1 atom stereocenters. The molecule has 1 aromatic heterocycles. The standard InChI is InChI=1S/C9H11NOS.CO2/c1-6-2-3-8(12-6)7-4-9(11)10-5-7;2-1-3/h2-3,7H,4-5H2,1H3,(H,10,11);/t7-;/m1./s1. The topological polar surface area (TPSA) is 63.2 Å². The fourth-order valence-electron chi connectivity index (χ4n) is 1.48. The Morgan fingerprint density at radius 1 is 1.47 bits per heavy atom. The molecule has 2 heterocycles. The van der Waals surface area contributed by atoms with Crippen LogP contribution < -0.4 is 5.32 Å². The molecule has 1 aliphatic heterocycles. The van der Waals surface area contributed by atoms with Gasteiger partial charge in [0.05, 0.1) is 0 Å². The van der Waals surface area contributed by atoms with Gasteiger partial charge in [0.15, 0.2) is 0 Å². The van der Waals surface area contributed by atoms with Gasteiger partial charge in [0.2, 0.25) is 5.91 Å². The van der Waals surface area contributed by atoms with E-state index < -0.39 is 0 Å². The zero-order valence-electron chi connectivity index (χ0n) is 8.28. The molecule has 0 bridgehead atoms. The highest BCUT2D eigenvalue weighted by atomic mass is 32.1. The number of amides is 1. The predicted octanol–water partition coefficient (Wildman–Crippen LogP) is 1.08. The summed E-state index contributed by atoms with van der Waals surface area (Å²) in [5, 5.41) is 2.85. The lowest BCUT2D eigenvalue weighted by Gasteiger charge is -2.01. The zero-order chi connectivity index (χ0) is 11.3. The van der Waals surface area contributed by atoms with Gasteiger partial charge in [0, 0.05) is 28.6 Å². The minimum atomic E-state index is 0.186. The number of aryl methyl sites for hydroxylation is 1. The van der Waals surface area contributed by atoms with E-state index in [1.165, 1.54) is 9.75 Å². The van der Waals surface area contributed by atoms with Crippen molar-refractivity contribution in [1.82, 2.24) is 5.32 Å². The minimum Gasteiger partial charge on any atom is -0.355 e. The van der Waals surface area contributed by atoms with Crippen molar-refractivity contribution in [2.45, 2.75) is 19.3 Å². The van der Waals surface area contributed by atoms with E-state index in [-0.39, 0.29) is 12.1 Å². The van der Waals surface area contributed by atoms with Crippen LogP contribution in [0, 0.1) is 6.92 Å². The number of hydrogen-bond acceptors (Lipinski definition) is 4. The van der Waals surface area contributed by atoms with Crippen molar-refractivity contribution < 1.29 is 14.4 Å². The second-order valence-electron chi connectivity index (χ2n) is 3.24. The molecule has 0 saturated carbocycles. The van der Waals surface area contributed by atoms with Gasteiger partial charge in [-0.25, -0.2) is 0 Å². The third kappa shape index (κ3) is 3.31. The third-order valence-electron chi connectivity index (χ3n) is 2.14. The molecule has 0 spiro atoms. The van der Waals surface area contributed by atoms with Crippen molar-refractivity contribution in [2.24, 2.45) is 0 Å². The van der Waals surface area contributed by atoms with Crippen LogP contribution >= 0.6 is 11.3 Å². The normalized spacial score (nSPS) is 18.7. The summed E-state index contributed by atoms with van der Waals surface area (Å²) in [4.78, 5) is 29.8. The quantitative estimate of drug-likeness (QED) is 0.777. The molecule has 1 fully saturated rings. The summed E-state index contributed by atoms with van der Waals surface area (Å²) >= 11 is 1.79. The highest BCUT2D eigenvalue weighted by Gasteiger charge is 2.23. The predicted molar refractivity (Wildman–Crippen MR) is 54.4 cm³/mol. The Bertz CT molecular complexity index is 380. The van der Waals surface area contributed by atoms with E-state index in [9.17, 15) is 4.79 Å². The first-order valence-corrected chi connectivity index (χ1v) is 5.31. The van der Waals surface area contributed by atoms with Crippen LogP contribution in [0.1, 0.15) is 22.1 Å². The van der Waals surface area contributed by atoms with Gasteiger partial charge in [-0.3, -0.25) is 4.79 Å². The largest absolute Gasteiger partial charge is 0.373 e. The molecule has 0 unspecified atom stereocenters. The van der Waals surface area contributed by atoms with E-state index in [1.807, 2.05) is 0 Å². The fourth-order valence-corrected chi connectivity index (χ4v) is 2.46. The van der Waals surface area contributed by atoms with Crippen molar-refractivity contribution in [3.05, 3.63) is 21.9 Å². The van der Waals surface area contributed by atoms with Gasteiger partial charge >= 0.3 is 6.15 Å². The molecular formula is C10H11NO3S. The first kappa shape index (κ1) is 11.6. The summed E-state index contributed by atoms with van der Waals surface area (Å²) < 4.78 is 0. The summed E-state index contributed by atoms with van der Waals surface area (Å²) in [6, 6.07) is 4.24. The Morgan fingerprint density at radius 2 is 2.13 bits per heavy atom. The molecule has 1 aliphatic rings. The van der Waals surface area contributed by atoms with Gasteiger partial charge in [0.25, 0.3) is 0 Å². The molecule has 4 nitrogen and oxygen atoms in total. The number of hydrogen-bond donors (Lipinski definition) is 1. The van der Waals surface area contributed by atoms with Gasteiger partial charge in [-0.15, -0.1) is 11.3 Å². The summed E-state index contributed by atoms with van der Waals surface area (Å²) in [7, 11) is 0. The number of nitrogens with one attached hydrogen (secondary N) is 1. The highest BCUT2D eigenvalue weighted by molar-refractivity contribution is 7.12. The van der Waals surface area contributed by atoms with E-state index in [4.69, 9.17) is 9.59 Å². The van der Waals surface area contributed by atoms with Crippen LogP contribution in [0.25, 0.3) is 0 Å². The Labute approximate surface area is 91.3 Å². The fraction of sp³-hybridized carbons (Fsp3) is 0.400. The smallest absolute Gasteiger partial charge is 0.355 e. The number of thiophene rings is 1. The molecule has 0 aliphatic carbocycles. The first-order valence-electron chi connectivity index (χ1n) is 4.49. The van der Waals surface area contributed by atoms with Gasteiger partial charge in [-0.05, 0) is 19.1 Å². The van der Waals surface area contributed by atoms with Crippen LogP contribution in [0.15, 0.2) is 12.1 Å². The Balaban J connectivity index is 0.000000337. The molecule has 15 heavy (non-hydrogen) atoms. The lowest BCUT2D eigenvalue weighted by molar-refractivity contribution is -0.191. The first-order chi connectivity index (χ1) is 7.17. The molecular weight excluding hydrogens is 214 g/mol. The second kappa shape index (κ2) is 5.44. The maximum atomic E-state index is 10.9. The van der Waals surface area contributed by atoms with Crippen molar-refractivity contribution >= 4 is 23.4 Å². The summed E-state index contributed by atoms with van der Waals surface area (Å²) in [6.07, 6.45) is 0.917. The van der Waals surface area contributed by atoms with Gasteiger partial charge in [-0.2, -0.15) is 9.59 Å². The molecule has 0 aromatic carbocycles. The monoisotopic (exact) mass is 225 g/mol. The summed E-state index contributed by atoms with van der Waals surface area (Å²) in [5.41, 5.74) is 0. The Kier molecular flexibility index (Phi) is 4.21. The Morgan fingerprint density at radius 3 is 2.53 bits per heavy atom. The number of carbonyl (C=O) groups is 1. The van der Waals surface area contributed by atoms with E-state index in [0.29, 0.717) is 12.3 Å². The van der Waals surface area contributed by atoms with Gasteiger partial charge < -0.3 is 5.32 Å². The average molecular weight is 225 g/mol. The second-order valence-corrected chi connectivity index (χ2v) is 4.56. The van der Waals surface area contributed by atoms with Crippen LogP contribution in [0.3, 0.4) is 0 Å². The van der Waals surface area contributed by atoms with Crippen molar-refractivity contribution in [1.29, 1.82) is 0 Å². The Hall–Kier alpha value is -1.45. The third-order valence-corrected chi connectivity index (χ3v) is 3.30. The number of rotatable bonds is 1. The van der Waals surface area contributed by atoms with Crippen LogP contribution in [0.2, 0.25) is 0 Å². The minimum absolute atomic E-state index is 0.186. The summed E-state index contributed by atoms with van der Waals surface area (Å²) in [5.74, 6) is 0.613. The van der Waals surface area contributed by atoms with Crippen molar-refractivity contribution in [2.75, 3.05) is 6.54 Å². The highest BCUT2D eigenvalue weighted by Crippen LogP contribution is 2.28. The molecule has 1 N–H and O–H groups in total. The molecule has 1 aromatic rings. The lowest BCUT2D eigenvalue weighted by Crippen LogP contribution is -2.13. The van der Waals surface area contributed by atoms with Gasteiger partial charge in [0.1, 0.15) is 0 Å². The van der Waals surface area contributed by atoms with Crippen LogP contribution in [-0.2, 0) is 14.4 Å². The molecule has 1 saturated heterocycles. The van der Waals surface area contributed by atoms with Crippen molar-refractivity contribution in [3.8, 4) is 0 Å². The van der Waals surface area contributed by atoms with Crippen LogP contribution in [0.4, 0.5) is 0 Å². The van der Waals surface area contributed by atoms with Crippen molar-refractivity contribution in [3.63, 3.8) is 0 Å². The lowest BCUT2D eigenvalue weighted by atomic mass is 10.1. The van der Waals surface area contributed by atoms with Gasteiger partial charge in [-0.1, -0.05) is 0 Å². The SMILES string of the molecule is Cc1ccc([C@H]2CNC(=O)C2)s1.O=C=O.